The molecule has 56 valence electrons. The van der Waals surface area contributed by atoms with Crippen molar-refractivity contribution in [1.29, 1.82) is 0 Å². The lowest BCUT2D eigenvalue weighted by atomic mass is 9.94. The van der Waals surface area contributed by atoms with E-state index in [1.54, 1.807) is 0 Å². The first-order chi connectivity index (χ1) is 4.70. The van der Waals surface area contributed by atoms with Crippen molar-refractivity contribution < 1.29 is 0 Å². The third-order valence-electron chi connectivity index (χ3n) is 1.99. The first kappa shape index (κ1) is 7.52. The first-order valence-electron chi connectivity index (χ1n) is 3.89. The van der Waals surface area contributed by atoms with E-state index >= 15 is 0 Å². The standard InChI is InChI=1S/C9H15N/c1-7(2)9-5-4-8(3)10-6-9/h4-5,7,9H,6H2,1-3H3. The van der Waals surface area contributed by atoms with Gasteiger partial charge in [0.05, 0.1) is 0 Å². The van der Waals surface area contributed by atoms with Crippen molar-refractivity contribution in [2.75, 3.05) is 6.54 Å². The molecule has 0 N–H and O–H groups in total. The van der Waals surface area contributed by atoms with Crippen LogP contribution in [0.25, 0.3) is 0 Å². The Hall–Kier alpha value is -0.590. The molecule has 10 heavy (non-hydrogen) atoms. The summed E-state index contributed by atoms with van der Waals surface area (Å²) in [5.41, 5.74) is 1.16. The number of nitrogens with zero attached hydrogens (tertiary/aromatic N) is 1. The largest absolute Gasteiger partial charge is 0.289 e. The van der Waals surface area contributed by atoms with E-state index in [-0.39, 0.29) is 0 Å². The van der Waals surface area contributed by atoms with E-state index in [9.17, 15) is 0 Å². The smallest absolute Gasteiger partial charge is 0.0457 e. The van der Waals surface area contributed by atoms with Gasteiger partial charge in [-0.3, -0.25) is 4.99 Å². The van der Waals surface area contributed by atoms with E-state index in [2.05, 4.69) is 31.0 Å². The molecule has 0 spiro atoms. The minimum absolute atomic E-state index is 0.670. The normalized spacial score (nSPS) is 25.2. The Labute approximate surface area is 62.9 Å². The van der Waals surface area contributed by atoms with Gasteiger partial charge in [0.15, 0.2) is 0 Å². The molecule has 0 saturated carbocycles. The van der Waals surface area contributed by atoms with Crippen LogP contribution in [0.2, 0.25) is 0 Å². The third-order valence-corrected chi connectivity index (χ3v) is 1.99. The highest BCUT2D eigenvalue weighted by Crippen LogP contribution is 2.15. The predicted molar refractivity (Wildman–Crippen MR) is 45.4 cm³/mol. The van der Waals surface area contributed by atoms with Crippen molar-refractivity contribution >= 4 is 5.71 Å². The van der Waals surface area contributed by atoms with Gasteiger partial charge in [0, 0.05) is 12.3 Å². The Morgan fingerprint density at radius 2 is 2.30 bits per heavy atom. The van der Waals surface area contributed by atoms with Gasteiger partial charge >= 0.3 is 0 Å². The molecule has 1 heteroatoms. The highest BCUT2D eigenvalue weighted by atomic mass is 14.7. The number of allylic oxidation sites excluding steroid dienone is 1. The molecule has 0 amide bonds. The molecule has 1 heterocycles. The fourth-order valence-corrected chi connectivity index (χ4v) is 1.06. The summed E-state index contributed by atoms with van der Waals surface area (Å²) < 4.78 is 0. The minimum Gasteiger partial charge on any atom is -0.289 e. The molecule has 0 aromatic heterocycles. The number of hydrogen-bond donors (Lipinski definition) is 0. The summed E-state index contributed by atoms with van der Waals surface area (Å²) in [5, 5.41) is 0. The maximum atomic E-state index is 4.36. The number of aliphatic imine (C=N–C) groups is 1. The van der Waals surface area contributed by atoms with Crippen LogP contribution in [0, 0.1) is 11.8 Å². The van der Waals surface area contributed by atoms with Crippen LogP contribution in [0.4, 0.5) is 0 Å². The van der Waals surface area contributed by atoms with E-state index < -0.39 is 0 Å². The van der Waals surface area contributed by atoms with Gasteiger partial charge in [-0.1, -0.05) is 19.9 Å². The van der Waals surface area contributed by atoms with Crippen LogP contribution < -0.4 is 0 Å². The van der Waals surface area contributed by atoms with E-state index in [1.807, 2.05) is 6.92 Å². The van der Waals surface area contributed by atoms with Crippen LogP contribution in [0.1, 0.15) is 20.8 Å². The topological polar surface area (TPSA) is 12.4 Å². The van der Waals surface area contributed by atoms with Crippen molar-refractivity contribution in [3.8, 4) is 0 Å². The molecule has 1 nitrogen and oxygen atoms in total. The van der Waals surface area contributed by atoms with Crippen molar-refractivity contribution in [3.63, 3.8) is 0 Å². The summed E-state index contributed by atoms with van der Waals surface area (Å²) in [5.74, 6) is 1.40. The molecular formula is C9H15N. The lowest BCUT2D eigenvalue weighted by Crippen LogP contribution is -2.13. The highest BCUT2D eigenvalue weighted by Gasteiger charge is 2.11. The van der Waals surface area contributed by atoms with E-state index in [4.69, 9.17) is 0 Å². The molecule has 1 unspecified atom stereocenters. The summed E-state index contributed by atoms with van der Waals surface area (Å²) in [6.45, 7) is 7.52. The zero-order valence-electron chi connectivity index (χ0n) is 6.96. The molecule has 0 fully saturated rings. The van der Waals surface area contributed by atoms with Crippen molar-refractivity contribution in [3.05, 3.63) is 12.2 Å². The molecule has 1 rings (SSSR count). The quantitative estimate of drug-likeness (QED) is 0.526. The van der Waals surface area contributed by atoms with E-state index in [0.717, 1.165) is 18.2 Å². The molecule has 1 aliphatic rings. The summed E-state index contributed by atoms with van der Waals surface area (Å²) >= 11 is 0. The van der Waals surface area contributed by atoms with Crippen molar-refractivity contribution in [1.82, 2.24) is 0 Å². The van der Waals surface area contributed by atoms with Gasteiger partial charge < -0.3 is 0 Å². The lowest BCUT2D eigenvalue weighted by molar-refractivity contribution is 0.473. The van der Waals surface area contributed by atoms with Crippen LogP contribution in [-0.2, 0) is 0 Å². The number of rotatable bonds is 1. The van der Waals surface area contributed by atoms with Gasteiger partial charge in [-0.05, 0) is 24.8 Å². The molecule has 0 bridgehead atoms. The Kier molecular flexibility index (Phi) is 2.25. The average Bonchev–Trinajstić information content (AvgIpc) is 1.88. The minimum atomic E-state index is 0.670. The fourth-order valence-electron chi connectivity index (χ4n) is 1.06. The van der Waals surface area contributed by atoms with Gasteiger partial charge in [-0.25, -0.2) is 0 Å². The monoisotopic (exact) mass is 137 g/mol. The fraction of sp³-hybridized carbons (Fsp3) is 0.667. The molecule has 0 aromatic carbocycles. The number of hydrogen-bond acceptors (Lipinski definition) is 1. The second kappa shape index (κ2) is 3.00. The zero-order valence-corrected chi connectivity index (χ0v) is 6.96. The predicted octanol–water partition coefficient (Wildman–Crippen LogP) is 2.29. The molecule has 0 aliphatic carbocycles. The SMILES string of the molecule is CC1=NCC(C(C)C)C=C1. The lowest BCUT2D eigenvalue weighted by Gasteiger charge is -2.17. The van der Waals surface area contributed by atoms with Gasteiger partial charge in [-0.15, -0.1) is 0 Å². The molecule has 0 saturated heterocycles. The summed E-state index contributed by atoms with van der Waals surface area (Å²) in [7, 11) is 0. The zero-order chi connectivity index (χ0) is 7.56. The van der Waals surface area contributed by atoms with Crippen molar-refractivity contribution in [2.24, 2.45) is 16.8 Å². The molecule has 1 aliphatic heterocycles. The maximum absolute atomic E-state index is 4.36. The highest BCUT2D eigenvalue weighted by molar-refractivity contribution is 5.93. The Morgan fingerprint density at radius 3 is 2.70 bits per heavy atom. The average molecular weight is 137 g/mol. The second-order valence-corrected chi connectivity index (χ2v) is 3.25. The van der Waals surface area contributed by atoms with Crippen LogP contribution in [0.3, 0.4) is 0 Å². The van der Waals surface area contributed by atoms with Crippen LogP contribution >= 0.6 is 0 Å². The summed E-state index contributed by atoms with van der Waals surface area (Å²) in [6, 6.07) is 0. The van der Waals surface area contributed by atoms with Crippen LogP contribution in [0.15, 0.2) is 17.1 Å². The summed E-state index contributed by atoms with van der Waals surface area (Å²) in [6.07, 6.45) is 4.39. The first-order valence-corrected chi connectivity index (χ1v) is 3.89. The Morgan fingerprint density at radius 1 is 1.60 bits per heavy atom. The maximum Gasteiger partial charge on any atom is 0.0457 e. The molecular weight excluding hydrogens is 122 g/mol. The van der Waals surface area contributed by atoms with Crippen molar-refractivity contribution in [2.45, 2.75) is 20.8 Å². The second-order valence-electron chi connectivity index (χ2n) is 3.25. The Bertz CT molecular complexity index is 166. The van der Waals surface area contributed by atoms with Crippen LogP contribution in [0.5, 0.6) is 0 Å². The van der Waals surface area contributed by atoms with Gasteiger partial charge in [0.2, 0.25) is 0 Å². The third kappa shape index (κ3) is 1.69. The molecule has 0 radical (unpaired) electrons. The van der Waals surface area contributed by atoms with Crippen LogP contribution in [-0.4, -0.2) is 12.3 Å². The van der Waals surface area contributed by atoms with E-state index in [1.165, 1.54) is 0 Å². The van der Waals surface area contributed by atoms with E-state index in [0.29, 0.717) is 5.92 Å². The molecule has 1 atom stereocenters. The number of dihydropyridines is 1. The van der Waals surface area contributed by atoms with Gasteiger partial charge in [0.1, 0.15) is 0 Å². The van der Waals surface area contributed by atoms with Gasteiger partial charge in [0.25, 0.3) is 0 Å². The Balaban J connectivity index is 2.52. The summed E-state index contributed by atoms with van der Waals surface area (Å²) in [4.78, 5) is 4.36. The van der Waals surface area contributed by atoms with Gasteiger partial charge in [-0.2, -0.15) is 0 Å². The molecule has 0 aromatic rings.